The highest BCUT2D eigenvalue weighted by Gasteiger charge is 2.34. The molecule has 0 saturated carbocycles. The molecule has 9 nitrogen and oxygen atoms in total. The van der Waals surface area contributed by atoms with E-state index in [1.165, 1.54) is 30.3 Å². The minimum Gasteiger partial charge on any atom is -0.478 e. The Bertz CT molecular complexity index is 1370. The third kappa shape index (κ3) is 4.87. The van der Waals surface area contributed by atoms with E-state index in [1.54, 1.807) is 43.3 Å². The van der Waals surface area contributed by atoms with Crippen LogP contribution in [0.2, 0.25) is 0 Å². The van der Waals surface area contributed by atoms with Crippen molar-refractivity contribution < 1.29 is 33.4 Å². The van der Waals surface area contributed by atoms with E-state index in [9.17, 15) is 19.2 Å². The molecule has 2 amide bonds. The second-order valence-corrected chi connectivity index (χ2v) is 7.70. The summed E-state index contributed by atoms with van der Waals surface area (Å²) in [5, 5.41) is 11.4. The Kier molecular flexibility index (Phi) is 6.56. The molecule has 0 radical (unpaired) electrons. The Morgan fingerprint density at radius 3 is 2.31 bits per heavy atom. The number of benzene rings is 2. The zero-order valence-electron chi connectivity index (χ0n) is 18.3. The molecule has 0 aliphatic carbocycles. The Morgan fingerprint density at radius 2 is 1.69 bits per heavy atom. The first kappa shape index (κ1) is 23.6. The molecule has 2 aromatic carbocycles. The molecule has 176 valence electrons. The van der Waals surface area contributed by atoms with E-state index in [0.717, 1.165) is 4.90 Å². The van der Waals surface area contributed by atoms with Crippen LogP contribution in [-0.4, -0.2) is 40.6 Å². The fourth-order valence-corrected chi connectivity index (χ4v) is 3.64. The first-order valence-electron chi connectivity index (χ1n) is 10.4. The van der Waals surface area contributed by atoms with Gasteiger partial charge in [0.05, 0.1) is 23.4 Å². The molecular weight excluding hydrogens is 472 g/mol. The van der Waals surface area contributed by atoms with Gasteiger partial charge in [-0.1, -0.05) is 12.1 Å². The summed E-state index contributed by atoms with van der Waals surface area (Å²) >= 11 is 5.15. The van der Waals surface area contributed by atoms with Gasteiger partial charge in [-0.3, -0.25) is 19.8 Å². The van der Waals surface area contributed by atoms with Gasteiger partial charge in [-0.15, -0.1) is 0 Å². The molecule has 35 heavy (non-hydrogen) atoms. The highest BCUT2D eigenvalue weighted by atomic mass is 32.1. The second kappa shape index (κ2) is 9.74. The van der Waals surface area contributed by atoms with Crippen LogP contribution in [0.3, 0.4) is 0 Å². The van der Waals surface area contributed by atoms with Crippen molar-refractivity contribution in [1.82, 2.24) is 5.32 Å². The van der Waals surface area contributed by atoms with Crippen LogP contribution in [0.25, 0.3) is 17.4 Å². The molecule has 0 atom stereocenters. The molecule has 10 heteroatoms. The fourth-order valence-electron chi connectivity index (χ4n) is 3.36. The van der Waals surface area contributed by atoms with Gasteiger partial charge in [0.25, 0.3) is 11.8 Å². The number of aromatic carboxylic acids is 1. The number of rotatable bonds is 6. The number of ether oxygens (including phenoxy) is 1. The zero-order valence-corrected chi connectivity index (χ0v) is 19.1. The number of carboxylic acids is 1. The van der Waals surface area contributed by atoms with Crippen molar-refractivity contribution in [2.75, 3.05) is 11.5 Å². The number of thiocarbonyl (C=S) groups is 1. The van der Waals surface area contributed by atoms with Crippen LogP contribution in [0.5, 0.6) is 0 Å². The SMILES string of the molecule is CCOC(=O)c1ccc(-c2ccc(/C=C3\C(=O)NC(=S)N(c4ccc(C(=O)O)cc4)C3=O)o2)cc1. The van der Waals surface area contributed by atoms with Crippen LogP contribution >= 0.6 is 12.2 Å². The lowest BCUT2D eigenvalue weighted by molar-refractivity contribution is -0.122. The number of furan rings is 1. The van der Waals surface area contributed by atoms with E-state index in [4.69, 9.17) is 26.5 Å². The Balaban J connectivity index is 1.58. The van der Waals surface area contributed by atoms with E-state index < -0.39 is 23.8 Å². The predicted molar refractivity (Wildman–Crippen MR) is 130 cm³/mol. The van der Waals surface area contributed by atoms with Gasteiger partial charge >= 0.3 is 11.9 Å². The van der Waals surface area contributed by atoms with E-state index in [0.29, 0.717) is 22.6 Å². The van der Waals surface area contributed by atoms with Crippen LogP contribution in [0.15, 0.2) is 70.7 Å². The molecule has 1 fully saturated rings. The van der Waals surface area contributed by atoms with Crippen LogP contribution in [0, 0.1) is 0 Å². The molecule has 1 aliphatic rings. The first-order chi connectivity index (χ1) is 16.8. The largest absolute Gasteiger partial charge is 0.478 e. The van der Waals surface area contributed by atoms with Crippen LogP contribution in [-0.2, 0) is 14.3 Å². The number of amides is 2. The van der Waals surface area contributed by atoms with Gasteiger partial charge in [-0.2, -0.15) is 0 Å². The number of esters is 1. The molecule has 1 aliphatic heterocycles. The predicted octanol–water partition coefficient (Wildman–Crippen LogP) is 3.65. The van der Waals surface area contributed by atoms with Gasteiger partial charge in [0, 0.05) is 5.56 Å². The van der Waals surface area contributed by atoms with Crippen molar-refractivity contribution in [3.05, 3.63) is 83.1 Å². The lowest BCUT2D eigenvalue weighted by Crippen LogP contribution is -2.54. The summed E-state index contributed by atoms with van der Waals surface area (Å²) in [5.41, 5.74) is 1.23. The summed E-state index contributed by atoms with van der Waals surface area (Å²) in [6.07, 6.45) is 1.30. The summed E-state index contributed by atoms with van der Waals surface area (Å²) < 4.78 is 10.8. The van der Waals surface area contributed by atoms with Crippen molar-refractivity contribution >= 4 is 52.8 Å². The minimum absolute atomic E-state index is 0.0438. The molecule has 4 rings (SSSR count). The van der Waals surface area contributed by atoms with Crippen LogP contribution in [0.1, 0.15) is 33.4 Å². The third-order valence-corrected chi connectivity index (χ3v) is 5.35. The van der Waals surface area contributed by atoms with Gasteiger partial charge < -0.3 is 14.3 Å². The number of hydrogen-bond donors (Lipinski definition) is 2. The average Bonchev–Trinajstić information content (AvgIpc) is 3.31. The Hall–Kier alpha value is -4.57. The summed E-state index contributed by atoms with van der Waals surface area (Å²) in [6.45, 7) is 2.00. The molecule has 2 N–H and O–H groups in total. The van der Waals surface area contributed by atoms with Gasteiger partial charge in [-0.05, 0) is 73.7 Å². The van der Waals surface area contributed by atoms with E-state index in [-0.39, 0.29) is 28.6 Å². The number of hydrogen-bond acceptors (Lipinski definition) is 7. The second-order valence-electron chi connectivity index (χ2n) is 7.31. The molecule has 2 heterocycles. The molecular formula is C25H18N2O7S. The standard InChI is InChI=1S/C25H18N2O7S/c1-2-33-24(32)16-5-3-14(4-6-16)20-12-11-18(34-20)13-19-21(28)26-25(35)27(22(19)29)17-9-7-15(8-10-17)23(30)31/h3-13H,2H2,1H3,(H,30,31)(H,26,28,35)/b19-13+. The topological polar surface area (TPSA) is 126 Å². The number of nitrogens with zero attached hydrogens (tertiary/aromatic N) is 1. The minimum atomic E-state index is -1.11. The normalized spacial score (nSPS) is 14.7. The number of anilines is 1. The summed E-state index contributed by atoms with van der Waals surface area (Å²) in [5.74, 6) is -2.18. The smallest absolute Gasteiger partial charge is 0.338 e. The highest BCUT2D eigenvalue weighted by Crippen LogP contribution is 2.26. The maximum Gasteiger partial charge on any atom is 0.338 e. The van der Waals surface area contributed by atoms with Gasteiger partial charge in [0.2, 0.25) is 0 Å². The molecule has 0 spiro atoms. The number of nitrogens with one attached hydrogen (secondary N) is 1. The van der Waals surface area contributed by atoms with Crippen LogP contribution in [0.4, 0.5) is 5.69 Å². The highest BCUT2D eigenvalue weighted by molar-refractivity contribution is 7.80. The van der Waals surface area contributed by atoms with E-state index >= 15 is 0 Å². The molecule has 1 aromatic heterocycles. The van der Waals surface area contributed by atoms with Crippen molar-refractivity contribution in [3.63, 3.8) is 0 Å². The van der Waals surface area contributed by atoms with E-state index in [1.807, 2.05) is 0 Å². The number of carbonyl (C=O) groups is 4. The number of carboxylic acid groups (broad SMARTS) is 1. The van der Waals surface area contributed by atoms with Crippen molar-refractivity contribution in [2.45, 2.75) is 6.92 Å². The van der Waals surface area contributed by atoms with E-state index in [2.05, 4.69) is 5.32 Å². The summed E-state index contributed by atoms with van der Waals surface area (Å²) in [4.78, 5) is 49.6. The van der Waals surface area contributed by atoms with Gasteiger partial charge in [0.1, 0.15) is 17.1 Å². The molecule has 0 bridgehead atoms. The lowest BCUT2D eigenvalue weighted by Gasteiger charge is -2.28. The Morgan fingerprint density at radius 1 is 1.03 bits per heavy atom. The van der Waals surface area contributed by atoms with Crippen molar-refractivity contribution in [1.29, 1.82) is 0 Å². The first-order valence-corrected chi connectivity index (χ1v) is 10.8. The van der Waals surface area contributed by atoms with Crippen LogP contribution < -0.4 is 10.2 Å². The maximum absolute atomic E-state index is 13.1. The maximum atomic E-state index is 13.1. The molecule has 3 aromatic rings. The third-order valence-electron chi connectivity index (χ3n) is 5.07. The summed E-state index contributed by atoms with van der Waals surface area (Å²) in [6, 6.07) is 15.4. The van der Waals surface area contributed by atoms with Gasteiger partial charge in [0.15, 0.2) is 5.11 Å². The Labute approximate surface area is 204 Å². The quantitative estimate of drug-likeness (QED) is 0.232. The molecule has 1 saturated heterocycles. The number of carbonyl (C=O) groups excluding carboxylic acids is 3. The monoisotopic (exact) mass is 490 g/mol. The summed E-state index contributed by atoms with van der Waals surface area (Å²) in [7, 11) is 0. The lowest BCUT2D eigenvalue weighted by atomic mass is 10.1. The van der Waals surface area contributed by atoms with Crippen molar-refractivity contribution in [3.8, 4) is 11.3 Å². The van der Waals surface area contributed by atoms with Gasteiger partial charge in [-0.25, -0.2) is 9.59 Å². The average molecular weight is 490 g/mol. The molecule has 0 unspecified atom stereocenters. The fraction of sp³-hybridized carbons (Fsp3) is 0.0800. The van der Waals surface area contributed by atoms with Crippen molar-refractivity contribution in [2.24, 2.45) is 0 Å². The zero-order chi connectivity index (χ0) is 25.1.